The minimum absolute atomic E-state index is 0.389. The third kappa shape index (κ3) is 1.78. The molecule has 0 amide bonds. The lowest BCUT2D eigenvalue weighted by molar-refractivity contribution is -0.150. The van der Waals surface area contributed by atoms with E-state index in [1.807, 2.05) is 14.0 Å². The van der Waals surface area contributed by atoms with Crippen molar-refractivity contribution < 1.29 is 9.90 Å². The molecule has 0 heterocycles. The highest BCUT2D eigenvalue weighted by Crippen LogP contribution is 2.35. The third-order valence-electron chi connectivity index (χ3n) is 2.90. The van der Waals surface area contributed by atoms with Crippen LogP contribution in [0.5, 0.6) is 0 Å². The summed E-state index contributed by atoms with van der Waals surface area (Å²) in [7, 11) is 1.90. The summed E-state index contributed by atoms with van der Waals surface area (Å²) in [4.78, 5) is 10.9. The van der Waals surface area contributed by atoms with Gasteiger partial charge >= 0.3 is 5.97 Å². The Bertz CT molecular complexity index is 181. The maximum Gasteiger partial charge on any atom is 0.309 e. The Balaban J connectivity index is 2.61. The first-order chi connectivity index (χ1) is 5.58. The molecule has 0 radical (unpaired) electrons. The van der Waals surface area contributed by atoms with Crippen molar-refractivity contribution in [2.24, 2.45) is 5.41 Å². The van der Waals surface area contributed by atoms with Gasteiger partial charge in [-0.25, -0.2) is 0 Å². The van der Waals surface area contributed by atoms with E-state index in [-0.39, 0.29) is 0 Å². The molecule has 1 saturated carbocycles. The highest BCUT2D eigenvalue weighted by atomic mass is 16.4. The molecule has 2 N–H and O–H groups in total. The minimum atomic E-state index is -0.651. The molecule has 0 saturated heterocycles. The van der Waals surface area contributed by atoms with Crippen LogP contribution in [0.4, 0.5) is 0 Å². The van der Waals surface area contributed by atoms with E-state index >= 15 is 0 Å². The Labute approximate surface area is 73.2 Å². The van der Waals surface area contributed by atoms with Gasteiger partial charge in [-0.1, -0.05) is 6.42 Å². The minimum Gasteiger partial charge on any atom is -0.481 e. The smallest absolute Gasteiger partial charge is 0.309 e. The number of carbonyl (C=O) groups is 1. The van der Waals surface area contributed by atoms with Crippen molar-refractivity contribution in [3.05, 3.63) is 0 Å². The van der Waals surface area contributed by atoms with Gasteiger partial charge in [-0.2, -0.15) is 0 Å². The van der Waals surface area contributed by atoms with Gasteiger partial charge in [0.05, 0.1) is 5.41 Å². The van der Waals surface area contributed by atoms with Crippen molar-refractivity contribution in [2.45, 2.75) is 38.6 Å². The summed E-state index contributed by atoms with van der Waals surface area (Å²) < 4.78 is 0. The van der Waals surface area contributed by atoms with Gasteiger partial charge in [0.15, 0.2) is 0 Å². The molecule has 2 unspecified atom stereocenters. The summed E-state index contributed by atoms with van der Waals surface area (Å²) in [6, 6.07) is 0.389. The van der Waals surface area contributed by atoms with Crippen molar-refractivity contribution >= 4 is 5.97 Å². The fraction of sp³-hybridized carbons (Fsp3) is 0.889. The van der Waals surface area contributed by atoms with Gasteiger partial charge in [0.2, 0.25) is 0 Å². The van der Waals surface area contributed by atoms with Crippen LogP contribution in [0.2, 0.25) is 0 Å². The molecule has 1 aliphatic carbocycles. The van der Waals surface area contributed by atoms with Crippen LogP contribution in [0.25, 0.3) is 0 Å². The largest absolute Gasteiger partial charge is 0.481 e. The summed E-state index contributed by atoms with van der Waals surface area (Å²) in [5, 5.41) is 12.1. The number of hydrogen-bond acceptors (Lipinski definition) is 2. The summed E-state index contributed by atoms with van der Waals surface area (Å²) in [6.07, 6.45) is 3.72. The highest BCUT2D eigenvalue weighted by molar-refractivity contribution is 5.74. The van der Waals surface area contributed by atoms with E-state index in [0.717, 1.165) is 25.7 Å². The van der Waals surface area contributed by atoms with Gasteiger partial charge in [-0.3, -0.25) is 4.79 Å². The first kappa shape index (κ1) is 9.52. The molecule has 0 spiro atoms. The van der Waals surface area contributed by atoms with E-state index in [1.165, 1.54) is 0 Å². The van der Waals surface area contributed by atoms with Crippen LogP contribution >= 0.6 is 0 Å². The Morgan fingerprint density at radius 1 is 1.67 bits per heavy atom. The molecule has 0 bridgehead atoms. The number of rotatable bonds is 2. The van der Waals surface area contributed by atoms with Crippen LogP contribution in [0.15, 0.2) is 0 Å². The molecule has 3 heteroatoms. The van der Waals surface area contributed by atoms with Crippen LogP contribution in [0.1, 0.15) is 32.6 Å². The number of aliphatic carboxylic acids is 1. The van der Waals surface area contributed by atoms with Crippen molar-refractivity contribution in [2.75, 3.05) is 7.05 Å². The quantitative estimate of drug-likeness (QED) is 0.657. The second-order valence-corrected chi connectivity index (χ2v) is 3.95. The maximum atomic E-state index is 10.9. The Hall–Kier alpha value is -0.570. The fourth-order valence-corrected chi connectivity index (χ4v) is 1.93. The maximum absolute atomic E-state index is 10.9. The molecule has 0 aliphatic heterocycles. The van der Waals surface area contributed by atoms with Crippen molar-refractivity contribution in [1.82, 2.24) is 5.32 Å². The SMILES string of the molecule is CNC1CCCC(C)(C(=O)O)C1. The summed E-state index contributed by atoms with van der Waals surface area (Å²) in [6.45, 7) is 1.85. The van der Waals surface area contributed by atoms with Gasteiger partial charge in [0, 0.05) is 6.04 Å². The first-order valence-electron chi connectivity index (χ1n) is 4.49. The predicted molar refractivity (Wildman–Crippen MR) is 47.1 cm³/mol. The third-order valence-corrected chi connectivity index (χ3v) is 2.90. The molecule has 0 aromatic heterocycles. The standard InChI is InChI=1S/C9H17NO2/c1-9(8(11)12)5-3-4-7(6-9)10-2/h7,10H,3-6H2,1-2H3,(H,11,12). The van der Waals surface area contributed by atoms with Gasteiger partial charge in [-0.05, 0) is 33.2 Å². The van der Waals surface area contributed by atoms with Gasteiger partial charge < -0.3 is 10.4 Å². The normalized spacial score (nSPS) is 36.3. The average molecular weight is 171 g/mol. The lowest BCUT2D eigenvalue weighted by Gasteiger charge is -2.34. The molecule has 0 aromatic carbocycles. The van der Waals surface area contributed by atoms with Crippen LogP contribution in [-0.2, 0) is 4.79 Å². The highest BCUT2D eigenvalue weighted by Gasteiger charge is 2.37. The molecule has 2 atom stereocenters. The topological polar surface area (TPSA) is 49.3 Å². The predicted octanol–water partition coefficient (Wildman–Crippen LogP) is 1.24. The first-order valence-corrected chi connectivity index (χ1v) is 4.49. The molecule has 1 fully saturated rings. The van der Waals surface area contributed by atoms with E-state index in [1.54, 1.807) is 0 Å². The molecule has 1 rings (SSSR count). The Morgan fingerprint density at radius 3 is 2.83 bits per heavy atom. The van der Waals surface area contributed by atoms with Crippen LogP contribution < -0.4 is 5.32 Å². The van der Waals surface area contributed by atoms with Gasteiger partial charge in [0.1, 0.15) is 0 Å². The van der Waals surface area contributed by atoms with Crippen molar-refractivity contribution in [3.63, 3.8) is 0 Å². The molecule has 70 valence electrons. The number of hydrogen-bond donors (Lipinski definition) is 2. The Kier molecular flexibility index (Phi) is 2.73. The average Bonchev–Trinajstić information content (AvgIpc) is 2.04. The fourth-order valence-electron chi connectivity index (χ4n) is 1.93. The monoisotopic (exact) mass is 171 g/mol. The van der Waals surface area contributed by atoms with Gasteiger partial charge in [-0.15, -0.1) is 0 Å². The molecule has 12 heavy (non-hydrogen) atoms. The summed E-state index contributed by atoms with van der Waals surface area (Å²) in [5.74, 6) is -0.651. The zero-order chi connectivity index (χ0) is 9.19. The van der Waals surface area contributed by atoms with Crippen LogP contribution in [0.3, 0.4) is 0 Å². The molecular weight excluding hydrogens is 154 g/mol. The summed E-state index contributed by atoms with van der Waals surface area (Å²) >= 11 is 0. The lowest BCUT2D eigenvalue weighted by Crippen LogP contribution is -2.40. The second-order valence-electron chi connectivity index (χ2n) is 3.95. The second kappa shape index (κ2) is 3.44. The molecule has 1 aliphatic rings. The summed E-state index contributed by atoms with van der Waals surface area (Å²) in [5.41, 5.74) is -0.494. The van der Waals surface area contributed by atoms with E-state index in [9.17, 15) is 4.79 Å². The van der Waals surface area contributed by atoms with Crippen LogP contribution in [-0.4, -0.2) is 24.2 Å². The molecular formula is C9H17NO2. The van der Waals surface area contributed by atoms with Crippen molar-refractivity contribution in [1.29, 1.82) is 0 Å². The Morgan fingerprint density at radius 2 is 2.33 bits per heavy atom. The van der Waals surface area contributed by atoms with E-state index in [2.05, 4.69) is 5.32 Å². The lowest BCUT2D eigenvalue weighted by atomic mass is 9.73. The van der Waals surface area contributed by atoms with E-state index < -0.39 is 11.4 Å². The zero-order valence-corrected chi connectivity index (χ0v) is 7.76. The van der Waals surface area contributed by atoms with Crippen molar-refractivity contribution in [3.8, 4) is 0 Å². The molecule has 0 aromatic rings. The van der Waals surface area contributed by atoms with Gasteiger partial charge in [0.25, 0.3) is 0 Å². The number of carboxylic acid groups (broad SMARTS) is 1. The van der Waals surface area contributed by atoms with E-state index in [0.29, 0.717) is 6.04 Å². The zero-order valence-electron chi connectivity index (χ0n) is 7.76. The number of carboxylic acids is 1. The molecule has 3 nitrogen and oxygen atoms in total. The van der Waals surface area contributed by atoms with Crippen LogP contribution in [0, 0.1) is 5.41 Å². The van der Waals surface area contributed by atoms with E-state index in [4.69, 9.17) is 5.11 Å². The number of nitrogens with one attached hydrogen (secondary N) is 1.